The van der Waals surface area contributed by atoms with Crippen molar-refractivity contribution in [1.29, 1.82) is 0 Å². The van der Waals surface area contributed by atoms with Gasteiger partial charge in [0, 0.05) is 12.2 Å². The molecule has 0 amide bonds. The van der Waals surface area contributed by atoms with E-state index in [-0.39, 0.29) is 12.1 Å². The van der Waals surface area contributed by atoms with Gasteiger partial charge in [0.1, 0.15) is 0 Å². The molecule has 2 unspecified atom stereocenters. The molecule has 20 heavy (non-hydrogen) atoms. The standard InChI is InChI=1S/C15H20N2O3/c1-19-15(18)11-9-10(16)5-6-12(11)17-7-8-20-14-4-2-3-13(14)17/h5-6,9,13-14H,2-4,7-8,16H2,1H3. The highest BCUT2D eigenvalue weighted by Gasteiger charge is 2.37. The minimum absolute atomic E-state index is 0.284. The predicted molar refractivity (Wildman–Crippen MR) is 76.9 cm³/mol. The van der Waals surface area contributed by atoms with E-state index >= 15 is 0 Å². The maximum absolute atomic E-state index is 12.0. The second kappa shape index (κ2) is 5.32. The fourth-order valence-electron chi connectivity index (χ4n) is 3.30. The van der Waals surface area contributed by atoms with Crippen LogP contribution in [-0.2, 0) is 9.47 Å². The van der Waals surface area contributed by atoms with Gasteiger partial charge in [-0.3, -0.25) is 0 Å². The van der Waals surface area contributed by atoms with Crippen LogP contribution in [0.2, 0.25) is 0 Å². The highest BCUT2D eigenvalue weighted by atomic mass is 16.5. The van der Waals surface area contributed by atoms with E-state index in [0.717, 1.165) is 25.1 Å². The van der Waals surface area contributed by atoms with Crippen LogP contribution < -0.4 is 10.6 Å². The average molecular weight is 276 g/mol. The molecule has 1 aromatic rings. The molecule has 0 bridgehead atoms. The first-order chi connectivity index (χ1) is 9.70. The van der Waals surface area contributed by atoms with Crippen LogP contribution in [0.1, 0.15) is 29.6 Å². The molecule has 0 aromatic heterocycles. The number of morpholine rings is 1. The van der Waals surface area contributed by atoms with E-state index in [4.69, 9.17) is 15.2 Å². The molecular formula is C15H20N2O3. The van der Waals surface area contributed by atoms with Gasteiger partial charge < -0.3 is 20.1 Å². The minimum Gasteiger partial charge on any atom is -0.465 e. The smallest absolute Gasteiger partial charge is 0.340 e. The van der Waals surface area contributed by atoms with Gasteiger partial charge in [0.2, 0.25) is 0 Å². The van der Waals surface area contributed by atoms with Crippen molar-refractivity contribution in [3.8, 4) is 0 Å². The van der Waals surface area contributed by atoms with Gasteiger partial charge in [-0.05, 0) is 37.5 Å². The van der Waals surface area contributed by atoms with Crippen LogP contribution in [0.4, 0.5) is 11.4 Å². The maximum Gasteiger partial charge on any atom is 0.340 e. The van der Waals surface area contributed by atoms with Crippen LogP contribution in [-0.4, -0.2) is 38.4 Å². The number of methoxy groups -OCH3 is 1. The molecule has 0 spiro atoms. The maximum atomic E-state index is 12.0. The summed E-state index contributed by atoms with van der Waals surface area (Å²) in [4.78, 5) is 14.3. The highest BCUT2D eigenvalue weighted by molar-refractivity contribution is 5.97. The summed E-state index contributed by atoms with van der Waals surface area (Å²) in [6.07, 6.45) is 3.67. The van der Waals surface area contributed by atoms with Gasteiger partial charge in [0.15, 0.2) is 0 Å². The summed E-state index contributed by atoms with van der Waals surface area (Å²) < 4.78 is 10.7. The first kappa shape index (κ1) is 13.2. The number of fused-ring (bicyclic) bond motifs is 1. The molecule has 5 heteroatoms. The number of nitrogen functional groups attached to an aromatic ring is 1. The Morgan fingerprint density at radius 1 is 1.45 bits per heavy atom. The number of esters is 1. The minimum atomic E-state index is -0.340. The summed E-state index contributed by atoms with van der Waals surface area (Å²) in [7, 11) is 1.40. The van der Waals surface area contributed by atoms with E-state index in [1.165, 1.54) is 13.5 Å². The number of hydrogen-bond donors (Lipinski definition) is 1. The monoisotopic (exact) mass is 276 g/mol. The predicted octanol–water partition coefficient (Wildman–Crippen LogP) is 1.81. The van der Waals surface area contributed by atoms with E-state index in [2.05, 4.69) is 4.90 Å². The van der Waals surface area contributed by atoms with E-state index in [0.29, 0.717) is 23.9 Å². The van der Waals surface area contributed by atoms with Crippen LogP contribution in [0.25, 0.3) is 0 Å². The zero-order chi connectivity index (χ0) is 14.1. The Hall–Kier alpha value is -1.75. The molecule has 1 aromatic carbocycles. The van der Waals surface area contributed by atoms with Crippen molar-refractivity contribution in [1.82, 2.24) is 0 Å². The SMILES string of the molecule is COC(=O)c1cc(N)ccc1N1CCOC2CCCC21. The lowest BCUT2D eigenvalue weighted by atomic mass is 10.1. The number of carbonyl (C=O) groups is 1. The van der Waals surface area contributed by atoms with Gasteiger partial charge in [-0.15, -0.1) is 0 Å². The van der Waals surface area contributed by atoms with Crippen LogP contribution in [0.5, 0.6) is 0 Å². The molecule has 1 saturated carbocycles. The van der Waals surface area contributed by atoms with Gasteiger partial charge >= 0.3 is 5.97 Å². The van der Waals surface area contributed by atoms with Crippen molar-refractivity contribution in [3.05, 3.63) is 23.8 Å². The fourth-order valence-corrected chi connectivity index (χ4v) is 3.30. The number of nitrogens with two attached hydrogens (primary N) is 1. The molecule has 0 radical (unpaired) electrons. The average Bonchev–Trinajstić information content (AvgIpc) is 2.95. The lowest BCUT2D eigenvalue weighted by Gasteiger charge is -2.40. The second-order valence-corrected chi connectivity index (χ2v) is 5.37. The van der Waals surface area contributed by atoms with Crippen molar-refractivity contribution in [2.24, 2.45) is 0 Å². The first-order valence-corrected chi connectivity index (χ1v) is 7.07. The largest absolute Gasteiger partial charge is 0.465 e. The van der Waals surface area contributed by atoms with Crippen LogP contribution in [0, 0.1) is 0 Å². The number of hydrogen-bond acceptors (Lipinski definition) is 5. The molecule has 1 saturated heterocycles. The second-order valence-electron chi connectivity index (χ2n) is 5.37. The Balaban J connectivity index is 1.98. The van der Waals surface area contributed by atoms with Crippen molar-refractivity contribution in [2.45, 2.75) is 31.4 Å². The van der Waals surface area contributed by atoms with Gasteiger partial charge in [0.25, 0.3) is 0 Å². The number of ether oxygens (including phenoxy) is 2. The zero-order valence-corrected chi connectivity index (χ0v) is 11.7. The number of benzene rings is 1. The quantitative estimate of drug-likeness (QED) is 0.659. The molecule has 3 rings (SSSR count). The summed E-state index contributed by atoms with van der Waals surface area (Å²) in [6.45, 7) is 1.50. The third kappa shape index (κ3) is 2.22. The highest BCUT2D eigenvalue weighted by Crippen LogP contribution is 2.35. The van der Waals surface area contributed by atoms with Crippen molar-refractivity contribution >= 4 is 17.3 Å². The van der Waals surface area contributed by atoms with E-state index < -0.39 is 0 Å². The Morgan fingerprint density at radius 3 is 3.10 bits per heavy atom. The van der Waals surface area contributed by atoms with E-state index in [1.807, 2.05) is 12.1 Å². The van der Waals surface area contributed by atoms with Crippen molar-refractivity contribution in [3.63, 3.8) is 0 Å². The number of rotatable bonds is 2. The normalized spacial score (nSPS) is 25.4. The summed E-state index contributed by atoms with van der Waals surface area (Å²) in [5, 5.41) is 0. The third-order valence-corrected chi connectivity index (χ3v) is 4.22. The molecule has 2 N–H and O–H groups in total. The van der Waals surface area contributed by atoms with Crippen LogP contribution >= 0.6 is 0 Å². The van der Waals surface area contributed by atoms with Gasteiger partial charge in [0.05, 0.1) is 37.1 Å². The van der Waals surface area contributed by atoms with Crippen molar-refractivity contribution in [2.75, 3.05) is 30.9 Å². The Bertz CT molecular complexity index is 518. The van der Waals surface area contributed by atoms with Gasteiger partial charge in [-0.2, -0.15) is 0 Å². The fraction of sp³-hybridized carbons (Fsp3) is 0.533. The van der Waals surface area contributed by atoms with Gasteiger partial charge in [-0.1, -0.05) is 0 Å². The molecule has 5 nitrogen and oxygen atoms in total. The van der Waals surface area contributed by atoms with Crippen molar-refractivity contribution < 1.29 is 14.3 Å². The summed E-state index contributed by atoms with van der Waals surface area (Å²) in [5.41, 5.74) is 7.83. The molecular weight excluding hydrogens is 256 g/mol. The summed E-state index contributed by atoms with van der Waals surface area (Å²) in [6, 6.07) is 5.81. The molecule has 2 aliphatic rings. The Kier molecular flexibility index (Phi) is 3.53. The van der Waals surface area contributed by atoms with E-state index in [9.17, 15) is 4.79 Å². The Labute approximate surface area is 118 Å². The zero-order valence-electron chi connectivity index (χ0n) is 11.7. The van der Waals surface area contributed by atoms with Gasteiger partial charge in [-0.25, -0.2) is 4.79 Å². The topological polar surface area (TPSA) is 64.8 Å². The van der Waals surface area contributed by atoms with Crippen LogP contribution in [0.3, 0.4) is 0 Å². The lowest BCUT2D eigenvalue weighted by Crippen LogP contribution is -2.49. The first-order valence-electron chi connectivity index (χ1n) is 7.07. The van der Waals surface area contributed by atoms with Crippen LogP contribution in [0.15, 0.2) is 18.2 Å². The molecule has 108 valence electrons. The molecule has 1 aliphatic carbocycles. The molecule has 2 atom stereocenters. The molecule has 2 fully saturated rings. The lowest BCUT2D eigenvalue weighted by molar-refractivity contribution is 0.0254. The summed E-state index contributed by atoms with van der Waals surface area (Å²) in [5.74, 6) is -0.340. The summed E-state index contributed by atoms with van der Waals surface area (Å²) >= 11 is 0. The third-order valence-electron chi connectivity index (χ3n) is 4.22. The molecule has 1 aliphatic heterocycles. The van der Waals surface area contributed by atoms with E-state index in [1.54, 1.807) is 6.07 Å². The number of anilines is 2. The molecule has 1 heterocycles. The Morgan fingerprint density at radius 2 is 2.30 bits per heavy atom. The number of carbonyl (C=O) groups excluding carboxylic acids is 1. The number of nitrogens with zero attached hydrogens (tertiary/aromatic N) is 1.